The van der Waals surface area contributed by atoms with Crippen LogP contribution in [0.15, 0.2) is 18.2 Å². The summed E-state index contributed by atoms with van der Waals surface area (Å²) >= 11 is 0. The van der Waals surface area contributed by atoms with Crippen molar-refractivity contribution >= 4 is 5.91 Å². The van der Waals surface area contributed by atoms with Gasteiger partial charge < -0.3 is 24.6 Å². The van der Waals surface area contributed by atoms with Gasteiger partial charge in [0.2, 0.25) is 12.7 Å². The lowest BCUT2D eigenvalue weighted by Gasteiger charge is -2.20. The number of rotatable bonds is 5. The molecule has 1 aromatic carbocycles. The highest BCUT2D eigenvalue weighted by atomic mass is 16.7. The van der Waals surface area contributed by atoms with Gasteiger partial charge in [0.1, 0.15) is 5.60 Å². The summed E-state index contributed by atoms with van der Waals surface area (Å²) in [5.41, 5.74) is 0.117. The Morgan fingerprint density at radius 3 is 3.00 bits per heavy atom. The fourth-order valence-electron chi connectivity index (χ4n) is 2.44. The standard InChI is InChI=1S/C15H19NO5/c17-14(16-8-15(18)5-6-19-9-15)4-2-11-1-3-12-13(7-11)21-10-20-12/h1,3,7,18H,2,4-6,8-10H2,(H,16,17). The van der Waals surface area contributed by atoms with Crippen molar-refractivity contribution in [3.63, 3.8) is 0 Å². The SMILES string of the molecule is O=C(CCc1ccc2c(c1)OCO2)NCC1(O)CCOC1. The molecule has 6 heteroatoms. The minimum atomic E-state index is -0.908. The van der Waals surface area contributed by atoms with Crippen molar-refractivity contribution in [1.29, 1.82) is 0 Å². The molecule has 3 rings (SSSR count). The molecule has 1 amide bonds. The van der Waals surface area contributed by atoms with E-state index in [1.54, 1.807) is 0 Å². The van der Waals surface area contributed by atoms with E-state index in [0.717, 1.165) is 17.1 Å². The number of benzene rings is 1. The smallest absolute Gasteiger partial charge is 0.231 e. The molecule has 0 spiro atoms. The number of fused-ring (bicyclic) bond motifs is 1. The number of carbonyl (C=O) groups excluding carboxylic acids is 1. The fourth-order valence-corrected chi connectivity index (χ4v) is 2.44. The van der Waals surface area contributed by atoms with E-state index >= 15 is 0 Å². The van der Waals surface area contributed by atoms with Crippen LogP contribution in [-0.4, -0.2) is 43.2 Å². The molecule has 2 aliphatic heterocycles. The van der Waals surface area contributed by atoms with E-state index in [0.29, 0.717) is 25.9 Å². The van der Waals surface area contributed by atoms with Crippen LogP contribution in [0.3, 0.4) is 0 Å². The average Bonchev–Trinajstić information content (AvgIpc) is 3.11. The number of aryl methyl sites for hydroxylation is 1. The number of aliphatic hydroxyl groups is 1. The number of hydrogen-bond donors (Lipinski definition) is 2. The summed E-state index contributed by atoms with van der Waals surface area (Å²) in [7, 11) is 0. The maximum Gasteiger partial charge on any atom is 0.231 e. The molecule has 6 nitrogen and oxygen atoms in total. The highest BCUT2D eigenvalue weighted by molar-refractivity contribution is 5.76. The van der Waals surface area contributed by atoms with Crippen LogP contribution in [0, 0.1) is 0 Å². The Kier molecular flexibility index (Phi) is 3.98. The normalized spacial score (nSPS) is 23.3. The van der Waals surface area contributed by atoms with Gasteiger partial charge in [0, 0.05) is 26.0 Å². The second-order valence-corrected chi connectivity index (χ2v) is 5.49. The number of carbonyl (C=O) groups is 1. The quantitative estimate of drug-likeness (QED) is 0.832. The predicted octanol–water partition coefficient (Wildman–Crippen LogP) is 0.616. The largest absolute Gasteiger partial charge is 0.454 e. The van der Waals surface area contributed by atoms with E-state index in [1.807, 2.05) is 18.2 Å². The molecule has 0 aliphatic carbocycles. The van der Waals surface area contributed by atoms with E-state index in [1.165, 1.54) is 0 Å². The van der Waals surface area contributed by atoms with E-state index in [2.05, 4.69) is 5.32 Å². The molecule has 2 aliphatic rings. The zero-order chi connectivity index (χ0) is 14.7. The summed E-state index contributed by atoms with van der Waals surface area (Å²) in [6, 6.07) is 5.68. The molecule has 0 bridgehead atoms. The van der Waals surface area contributed by atoms with Crippen molar-refractivity contribution in [2.45, 2.75) is 24.9 Å². The summed E-state index contributed by atoms with van der Waals surface area (Å²) in [6.45, 7) is 1.33. The van der Waals surface area contributed by atoms with Gasteiger partial charge in [-0.05, 0) is 24.1 Å². The van der Waals surface area contributed by atoms with Crippen molar-refractivity contribution in [3.05, 3.63) is 23.8 Å². The Hall–Kier alpha value is -1.79. The molecule has 0 aromatic heterocycles. The molecule has 1 saturated heterocycles. The monoisotopic (exact) mass is 293 g/mol. The van der Waals surface area contributed by atoms with Crippen LogP contribution < -0.4 is 14.8 Å². The van der Waals surface area contributed by atoms with Gasteiger partial charge in [-0.3, -0.25) is 4.79 Å². The molecule has 21 heavy (non-hydrogen) atoms. The molecule has 2 N–H and O–H groups in total. The summed E-state index contributed by atoms with van der Waals surface area (Å²) < 4.78 is 15.7. The zero-order valence-corrected chi connectivity index (χ0v) is 11.8. The maximum absolute atomic E-state index is 11.8. The highest BCUT2D eigenvalue weighted by Gasteiger charge is 2.32. The number of amides is 1. The lowest BCUT2D eigenvalue weighted by Crippen LogP contribution is -2.43. The first-order chi connectivity index (χ1) is 10.1. The highest BCUT2D eigenvalue weighted by Crippen LogP contribution is 2.32. The second kappa shape index (κ2) is 5.91. The van der Waals surface area contributed by atoms with Gasteiger partial charge in [0.15, 0.2) is 11.5 Å². The van der Waals surface area contributed by atoms with Crippen molar-refractivity contribution < 1.29 is 24.1 Å². The Morgan fingerprint density at radius 1 is 1.33 bits per heavy atom. The molecule has 0 radical (unpaired) electrons. The van der Waals surface area contributed by atoms with E-state index in [-0.39, 0.29) is 25.9 Å². The Labute approximate surface area is 123 Å². The topological polar surface area (TPSA) is 77.0 Å². The third-order valence-electron chi connectivity index (χ3n) is 3.77. The average molecular weight is 293 g/mol. The maximum atomic E-state index is 11.8. The summed E-state index contributed by atoms with van der Waals surface area (Å²) in [5.74, 6) is 1.39. The van der Waals surface area contributed by atoms with Crippen molar-refractivity contribution in [1.82, 2.24) is 5.32 Å². The molecule has 1 atom stereocenters. The molecule has 0 saturated carbocycles. The summed E-state index contributed by atoms with van der Waals surface area (Å²) in [5, 5.41) is 12.8. The molecule has 1 aromatic rings. The van der Waals surface area contributed by atoms with Crippen molar-refractivity contribution in [2.75, 3.05) is 26.6 Å². The Balaban J connectivity index is 1.45. The Bertz CT molecular complexity index is 525. The van der Waals surface area contributed by atoms with Gasteiger partial charge in [-0.25, -0.2) is 0 Å². The van der Waals surface area contributed by atoms with Crippen LogP contribution in [0.25, 0.3) is 0 Å². The first-order valence-electron chi connectivity index (χ1n) is 7.10. The van der Waals surface area contributed by atoms with Crippen LogP contribution in [0.4, 0.5) is 0 Å². The number of hydrogen-bond acceptors (Lipinski definition) is 5. The van der Waals surface area contributed by atoms with E-state index in [9.17, 15) is 9.90 Å². The molecule has 2 heterocycles. The second-order valence-electron chi connectivity index (χ2n) is 5.49. The predicted molar refractivity (Wildman–Crippen MR) is 74.3 cm³/mol. The minimum Gasteiger partial charge on any atom is -0.454 e. The van der Waals surface area contributed by atoms with E-state index < -0.39 is 5.60 Å². The van der Waals surface area contributed by atoms with Gasteiger partial charge in [-0.1, -0.05) is 6.07 Å². The summed E-state index contributed by atoms with van der Waals surface area (Å²) in [6.07, 6.45) is 1.56. The fraction of sp³-hybridized carbons (Fsp3) is 0.533. The molecule has 1 unspecified atom stereocenters. The lowest BCUT2D eigenvalue weighted by molar-refractivity contribution is -0.122. The van der Waals surface area contributed by atoms with Crippen molar-refractivity contribution in [2.24, 2.45) is 0 Å². The number of ether oxygens (including phenoxy) is 3. The first kappa shape index (κ1) is 14.2. The van der Waals surface area contributed by atoms with Crippen LogP contribution in [0.2, 0.25) is 0 Å². The zero-order valence-electron chi connectivity index (χ0n) is 11.8. The number of nitrogens with one attached hydrogen (secondary N) is 1. The van der Waals surface area contributed by atoms with Crippen LogP contribution in [0.5, 0.6) is 11.5 Å². The molecule has 114 valence electrons. The minimum absolute atomic E-state index is 0.0759. The molecule has 1 fully saturated rings. The van der Waals surface area contributed by atoms with Gasteiger partial charge in [-0.2, -0.15) is 0 Å². The van der Waals surface area contributed by atoms with Gasteiger partial charge in [0.25, 0.3) is 0 Å². The first-order valence-corrected chi connectivity index (χ1v) is 7.10. The third-order valence-corrected chi connectivity index (χ3v) is 3.77. The van der Waals surface area contributed by atoms with Crippen LogP contribution >= 0.6 is 0 Å². The van der Waals surface area contributed by atoms with Crippen LogP contribution in [0.1, 0.15) is 18.4 Å². The van der Waals surface area contributed by atoms with Crippen LogP contribution in [-0.2, 0) is 16.0 Å². The molecular weight excluding hydrogens is 274 g/mol. The van der Waals surface area contributed by atoms with Gasteiger partial charge in [-0.15, -0.1) is 0 Å². The Morgan fingerprint density at radius 2 is 2.19 bits per heavy atom. The van der Waals surface area contributed by atoms with Crippen molar-refractivity contribution in [3.8, 4) is 11.5 Å². The van der Waals surface area contributed by atoms with E-state index in [4.69, 9.17) is 14.2 Å². The lowest BCUT2D eigenvalue weighted by atomic mass is 10.0. The van der Waals surface area contributed by atoms with Gasteiger partial charge in [0.05, 0.1) is 6.61 Å². The summed E-state index contributed by atoms with van der Waals surface area (Å²) in [4.78, 5) is 11.8. The third kappa shape index (κ3) is 3.46. The molecular formula is C15H19NO5. The van der Waals surface area contributed by atoms with Gasteiger partial charge >= 0.3 is 0 Å².